The first kappa shape index (κ1) is 15.3. The number of benzene rings is 2. The van der Waals surface area contributed by atoms with Crippen molar-refractivity contribution >= 4 is 5.78 Å². The van der Waals surface area contributed by atoms with Crippen molar-refractivity contribution in [3.8, 4) is 5.75 Å². The highest BCUT2D eigenvalue weighted by atomic mass is 16.5. The van der Waals surface area contributed by atoms with Gasteiger partial charge in [-0.1, -0.05) is 43.7 Å². The van der Waals surface area contributed by atoms with E-state index in [0.717, 1.165) is 29.7 Å². The van der Waals surface area contributed by atoms with Crippen molar-refractivity contribution in [2.75, 3.05) is 6.54 Å². The minimum absolute atomic E-state index is 0.0375. The lowest BCUT2D eigenvalue weighted by Gasteiger charge is -2.12. The standard InChI is InChI=1S/C18H21NO2/c1-2-6-16-11-15(17(20)12-19)9-10-18(16)21-13-14-7-4-3-5-8-14/h3-5,7-11H,2,6,12-13,19H2,1H3. The molecule has 21 heavy (non-hydrogen) atoms. The maximum atomic E-state index is 11.7. The molecule has 0 amide bonds. The van der Waals surface area contributed by atoms with Crippen molar-refractivity contribution in [2.45, 2.75) is 26.4 Å². The number of hydrogen-bond donors (Lipinski definition) is 1. The molecule has 2 rings (SSSR count). The van der Waals surface area contributed by atoms with Crippen molar-refractivity contribution in [3.05, 3.63) is 65.2 Å². The molecule has 0 aliphatic heterocycles. The first-order valence-corrected chi connectivity index (χ1v) is 7.27. The molecule has 0 bridgehead atoms. The molecule has 0 aliphatic carbocycles. The van der Waals surface area contributed by atoms with Crippen LogP contribution in [0.5, 0.6) is 5.75 Å². The smallest absolute Gasteiger partial charge is 0.176 e. The van der Waals surface area contributed by atoms with Crippen LogP contribution in [-0.2, 0) is 13.0 Å². The molecular formula is C18H21NO2. The molecule has 110 valence electrons. The molecule has 3 nitrogen and oxygen atoms in total. The Kier molecular flexibility index (Phi) is 5.52. The van der Waals surface area contributed by atoms with E-state index in [1.54, 1.807) is 6.07 Å². The molecule has 0 aromatic heterocycles. The molecule has 0 fully saturated rings. The van der Waals surface area contributed by atoms with Crippen LogP contribution in [0.3, 0.4) is 0 Å². The van der Waals surface area contributed by atoms with Gasteiger partial charge in [0, 0.05) is 5.56 Å². The van der Waals surface area contributed by atoms with E-state index in [0.29, 0.717) is 12.2 Å². The molecule has 2 aromatic carbocycles. The van der Waals surface area contributed by atoms with Crippen LogP contribution in [-0.4, -0.2) is 12.3 Å². The Morgan fingerprint density at radius 3 is 2.57 bits per heavy atom. The summed E-state index contributed by atoms with van der Waals surface area (Å²) in [6, 6.07) is 15.6. The molecule has 0 heterocycles. The fourth-order valence-corrected chi connectivity index (χ4v) is 2.21. The van der Waals surface area contributed by atoms with E-state index >= 15 is 0 Å². The molecule has 0 radical (unpaired) electrons. The quantitative estimate of drug-likeness (QED) is 0.793. The summed E-state index contributed by atoms with van der Waals surface area (Å²) in [7, 11) is 0. The number of aryl methyl sites for hydroxylation is 1. The monoisotopic (exact) mass is 283 g/mol. The number of rotatable bonds is 7. The van der Waals surface area contributed by atoms with E-state index in [-0.39, 0.29) is 12.3 Å². The second kappa shape index (κ2) is 7.60. The second-order valence-electron chi connectivity index (χ2n) is 4.97. The molecule has 0 saturated carbocycles. The van der Waals surface area contributed by atoms with Crippen LogP contribution < -0.4 is 10.5 Å². The number of hydrogen-bond acceptors (Lipinski definition) is 3. The number of ether oxygens (including phenoxy) is 1. The van der Waals surface area contributed by atoms with Crippen LogP contribution >= 0.6 is 0 Å². The molecule has 0 aliphatic rings. The molecule has 0 atom stereocenters. The number of ketones is 1. The van der Waals surface area contributed by atoms with Gasteiger partial charge < -0.3 is 10.5 Å². The second-order valence-corrected chi connectivity index (χ2v) is 4.97. The summed E-state index contributed by atoms with van der Waals surface area (Å²) >= 11 is 0. The Labute approximate surface area is 125 Å². The first-order chi connectivity index (χ1) is 10.2. The molecule has 0 saturated heterocycles. The minimum Gasteiger partial charge on any atom is -0.489 e. The van der Waals surface area contributed by atoms with Gasteiger partial charge in [-0.2, -0.15) is 0 Å². The van der Waals surface area contributed by atoms with Gasteiger partial charge in [-0.25, -0.2) is 0 Å². The predicted octanol–water partition coefficient (Wildman–Crippen LogP) is 3.36. The van der Waals surface area contributed by atoms with E-state index in [2.05, 4.69) is 6.92 Å². The van der Waals surface area contributed by atoms with E-state index in [1.165, 1.54) is 0 Å². The third-order valence-electron chi connectivity index (χ3n) is 3.32. The molecule has 2 N–H and O–H groups in total. The zero-order chi connectivity index (χ0) is 15.1. The van der Waals surface area contributed by atoms with E-state index < -0.39 is 0 Å². The third kappa shape index (κ3) is 4.17. The lowest BCUT2D eigenvalue weighted by atomic mass is 10.0. The van der Waals surface area contributed by atoms with Crippen molar-refractivity contribution < 1.29 is 9.53 Å². The summed E-state index contributed by atoms with van der Waals surface area (Å²) in [5.74, 6) is 0.802. The van der Waals surface area contributed by atoms with Crippen molar-refractivity contribution in [1.82, 2.24) is 0 Å². The highest BCUT2D eigenvalue weighted by molar-refractivity contribution is 5.97. The predicted molar refractivity (Wildman–Crippen MR) is 84.6 cm³/mol. The molecule has 0 unspecified atom stereocenters. The molecular weight excluding hydrogens is 262 g/mol. The van der Waals surface area contributed by atoms with Crippen LogP contribution in [0.1, 0.15) is 34.8 Å². The Morgan fingerprint density at radius 1 is 1.14 bits per heavy atom. The van der Waals surface area contributed by atoms with E-state index in [9.17, 15) is 4.79 Å². The van der Waals surface area contributed by atoms with Crippen LogP contribution in [0.25, 0.3) is 0 Å². The van der Waals surface area contributed by atoms with Gasteiger partial charge >= 0.3 is 0 Å². The third-order valence-corrected chi connectivity index (χ3v) is 3.32. The van der Waals surface area contributed by atoms with Gasteiger partial charge in [-0.05, 0) is 35.7 Å². The molecule has 3 heteroatoms. The summed E-state index contributed by atoms with van der Waals surface area (Å²) in [6.07, 6.45) is 1.89. The summed E-state index contributed by atoms with van der Waals surface area (Å²) in [5, 5.41) is 0. The largest absolute Gasteiger partial charge is 0.489 e. The topological polar surface area (TPSA) is 52.3 Å². The number of carbonyl (C=O) groups excluding carboxylic acids is 1. The van der Waals surface area contributed by atoms with Gasteiger partial charge in [-0.3, -0.25) is 4.79 Å². The lowest BCUT2D eigenvalue weighted by Crippen LogP contribution is -2.14. The average molecular weight is 283 g/mol. The Hall–Kier alpha value is -2.13. The Balaban J connectivity index is 2.16. The first-order valence-electron chi connectivity index (χ1n) is 7.27. The SMILES string of the molecule is CCCc1cc(C(=O)CN)ccc1OCc1ccccc1. The van der Waals surface area contributed by atoms with Crippen LogP contribution in [0, 0.1) is 0 Å². The molecule has 2 aromatic rings. The minimum atomic E-state index is -0.0398. The fourth-order valence-electron chi connectivity index (χ4n) is 2.21. The summed E-state index contributed by atoms with van der Waals surface area (Å²) in [4.78, 5) is 11.7. The zero-order valence-electron chi connectivity index (χ0n) is 12.3. The fraction of sp³-hybridized carbons (Fsp3) is 0.278. The highest BCUT2D eigenvalue weighted by Gasteiger charge is 2.09. The van der Waals surface area contributed by atoms with Crippen LogP contribution in [0.15, 0.2) is 48.5 Å². The van der Waals surface area contributed by atoms with Crippen molar-refractivity contribution in [3.63, 3.8) is 0 Å². The van der Waals surface area contributed by atoms with Crippen molar-refractivity contribution in [2.24, 2.45) is 5.73 Å². The van der Waals surface area contributed by atoms with Crippen molar-refractivity contribution in [1.29, 1.82) is 0 Å². The lowest BCUT2D eigenvalue weighted by molar-refractivity contribution is 0.100. The zero-order valence-corrected chi connectivity index (χ0v) is 12.3. The Morgan fingerprint density at radius 2 is 1.90 bits per heavy atom. The summed E-state index contributed by atoms with van der Waals surface area (Å²) in [5.41, 5.74) is 8.27. The normalized spacial score (nSPS) is 10.4. The van der Waals surface area contributed by atoms with E-state index in [1.807, 2.05) is 42.5 Å². The van der Waals surface area contributed by atoms with Crippen LogP contribution in [0.2, 0.25) is 0 Å². The highest BCUT2D eigenvalue weighted by Crippen LogP contribution is 2.23. The maximum Gasteiger partial charge on any atom is 0.176 e. The summed E-state index contributed by atoms with van der Waals surface area (Å²) in [6.45, 7) is 2.68. The van der Waals surface area contributed by atoms with Gasteiger partial charge in [0.1, 0.15) is 12.4 Å². The van der Waals surface area contributed by atoms with Gasteiger partial charge in [0.15, 0.2) is 5.78 Å². The average Bonchev–Trinajstić information content (AvgIpc) is 2.54. The van der Waals surface area contributed by atoms with Gasteiger partial charge in [-0.15, -0.1) is 0 Å². The van der Waals surface area contributed by atoms with Gasteiger partial charge in [0.05, 0.1) is 6.54 Å². The van der Waals surface area contributed by atoms with E-state index in [4.69, 9.17) is 10.5 Å². The Bertz CT molecular complexity index is 593. The van der Waals surface area contributed by atoms with Gasteiger partial charge in [0.2, 0.25) is 0 Å². The molecule has 0 spiro atoms. The number of Topliss-reactive ketones (excluding diaryl/α,β-unsaturated/α-hetero) is 1. The summed E-state index contributed by atoms with van der Waals surface area (Å²) < 4.78 is 5.90. The number of carbonyl (C=O) groups is 1. The van der Waals surface area contributed by atoms with Gasteiger partial charge in [0.25, 0.3) is 0 Å². The van der Waals surface area contributed by atoms with Crippen LogP contribution in [0.4, 0.5) is 0 Å². The number of nitrogens with two attached hydrogens (primary N) is 1. The maximum absolute atomic E-state index is 11.7.